The molecular formula is C18H21NO5S. The molecule has 4 rings (SSSR count). The lowest BCUT2D eigenvalue weighted by molar-refractivity contribution is 0.171. The SMILES string of the molecule is O=S(=O)(NCC1(c2ccc3c(c2)OCCO3)CCCC1)c1ccco1. The average Bonchev–Trinajstić information content (AvgIpc) is 3.32. The molecule has 7 heteroatoms. The molecule has 1 fully saturated rings. The Labute approximate surface area is 147 Å². The standard InChI is InChI=1S/C18H21NO5S/c20-25(21,17-4-3-9-24-17)19-13-18(7-1-2-8-18)14-5-6-15-16(12-14)23-11-10-22-15/h3-6,9,12,19H,1-2,7-8,10-11,13H2. The lowest BCUT2D eigenvalue weighted by atomic mass is 9.79. The Morgan fingerprint density at radius 1 is 1.04 bits per heavy atom. The third-order valence-corrected chi connectivity index (χ3v) is 6.36. The van der Waals surface area contributed by atoms with E-state index in [2.05, 4.69) is 4.72 Å². The molecule has 1 aliphatic heterocycles. The molecule has 2 aromatic rings. The lowest BCUT2D eigenvalue weighted by Crippen LogP contribution is -2.39. The third-order valence-electron chi connectivity index (χ3n) is 5.08. The molecule has 0 atom stereocenters. The van der Waals surface area contributed by atoms with Crippen molar-refractivity contribution in [2.24, 2.45) is 0 Å². The van der Waals surface area contributed by atoms with Gasteiger partial charge in [-0.15, -0.1) is 0 Å². The van der Waals surface area contributed by atoms with Crippen LogP contribution in [0.2, 0.25) is 0 Å². The summed E-state index contributed by atoms with van der Waals surface area (Å²) in [4.78, 5) is 0. The van der Waals surface area contributed by atoms with Crippen LogP contribution in [0.3, 0.4) is 0 Å². The largest absolute Gasteiger partial charge is 0.486 e. The van der Waals surface area contributed by atoms with E-state index in [-0.39, 0.29) is 10.5 Å². The summed E-state index contributed by atoms with van der Waals surface area (Å²) in [5.41, 5.74) is 0.867. The fourth-order valence-corrected chi connectivity index (χ4v) is 4.76. The Kier molecular flexibility index (Phi) is 4.21. The summed E-state index contributed by atoms with van der Waals surface area (Å²) in [6.45, 7) is 1.44. The average molecular weight is 363 g/mol. The fourth-order valence-electron chi connectivity index (χ4n) is 3.71. The number of hydrogen-bond acceptors (Lipinski definition) is 5. The molecule has 25 heavy (non-hydrogen) atoms. The Hall–Kier alpha value is -1.99. The fraction of sp³-hybridized carbons (Fsp3) is 0.444. The quantitative estimate of drug-likeness (QED) is 0.884. The van der Waals surface area contributed by atoms with Crippen LogP contribution >= 0.6 is 0 Å². The molecule has 1 N–H and O–H groups in total. The molecule has 1 saturated carbocycles. The van der Waals surface area contributed by atoms with Gasteiger partial charge in [-0.25, -0.2) is 13.1 Å². The number of furan rings is 1. The summed E-state index contributed by atoms with van der Waals surface area (Å²) in [5, 5.41) is -0.0529. The second-order valence-electron chi connectivity index (χ2n) is 6.60. The molecule has 134 valence electrons. The van der Waals surface area contributed by atoms with Crippen molar-refractivity contribution >= 4 is 10.0 Å². The maximum Gasteiger partial charge on any atom is 0.273 e. The third kappa shape index (κ3) is 3.14. The molecule has 1 aliphatic carbocycles. The van der Waals surface area contributed by atoms with Crippen molar-refractivity contribution in [3.05, 3.63) is 42.2 Å². The molecule has 6 nitrogen and oxygen atoms in total. The molecular weight excluding hydrogens is 342 g/mol. The van der Waals surface area contributed by atoms with Crippen LogP contribution in [0.5, 0.6) is 11.5 Å². The van der Waals surface area contributed by atoms with E-state index in [1.165, 1.54) is 12.3 Å². The molecule has 0 spiro atoms. The Morgan fingerprint density at radius 2 is 1.80 bits per heavy atom. The van der Waals surface area contributed by atoms with Gasteiger partial charge in [0.05, 0.1) is 6.26 Å². The molecule has 0 radical (unpaired) electrons. The van der Waals surface area contributed by atoms with E-state index in [4.69, 9.17) is 13.9 Å². The number of sulfonamides is 1. The highest BCUT2D eigenvalue weighted by atomic mass is 32.2. The van der Waals surface area contributed by atoms with E-state index >= 15 is 0 Å². The number of benzene rings is 1. The number of fused-ring (bicyclic) bond motifs is 1. The first-order valence-electron chi connectivity index (χ1n) is 8.52. The molecule has 2 aliphatic rings. The Bertz CT molecular complexity index is 838. The monoisotopic (exact) mass is 363 g/mol. The first kappa shape index (κ1) is 16.5. The molecule has 1 aromatic heterocycles. The van der Waals surface area contributed by atoms with Crippen LogP contribution < -0.4 is 14.2 Å². The first-order valence-corrected chi connectivity index (χ1v) is 10.0. The van der Waals surface area contributed by atoms with E-state index in [9.17, 15) is 8.42 Å². The summed E-state index contributed by atoms with van der Waals surface area (Å²) in [7, 11) is -3.64. The predicted octanol–water partition coefficient (Wildman–Crippen LogP) is 2.84. The highest BCUT2D eigenvalue weighted by molar-refractivity contribution is 7.89. The zero-order chi connectivity index (χ0) is 17.3. The van der Waals surface area contributed by atoms with Crippen LogP contribution in [-0.2, 0) is 15.4 Å². The summed E-state index contributed by atoms with van der Waals surface area (Å²) in [5.74, 6) is 1.49. The zero-order valence-corrected chi connectivity index (χ0v) is 14.7. The van der Waals surface area contributed by atoms with Gasteiger partial charge in [0.15, 0.2) is 11.5 Å². The highest BCUT2D eigenvalue weighted by Gasteiger charge is 2.38. The van der Waals surface area contributed by atoms with Gasteiger partial charge in [0.1, 0.15) is 13.2 Å². The van der Waals surface area contributed by atoms with Crippen molar-refractivity contribution < 1.29 is 22.3 Å². The number of rotatable bonds is 5. The summed E-state index contributed by atoms with van der Waals surface area (Å²) >= 11 is 0. The maximum absolute atomic E-state index is 12.4. The topological polar surface area (TPSA) is 77.8 Å². The van der Waals surface area contributed by atoms with Gasteiger partial charge < -0.3 is 13.9 Å². The first-order chi connectivity index (χ1) is 12.1. The van der Waals surface area contributed by atoms with Crippen LogP contribution in [0.4, 0.5) is 0 Å². The van der Waals surface area contributed by atoms with Crippen molar-refractivity contribution in [1.29, 1.82) is 0 Å². The normalized spacial score (nSPS) is 19.0. The lowest BCUT2D eigenvalue weighted by Gasteiger charge is -2.31. The van der Waals surface area contributed by atoms with Crippen LogP contribution in [0.1, 0.15) is 31.2 Å². The minimum Gasteiger partial charge on any atom is -0.486 e. The zero-order valence-electron chi connectivity index (χ0n) is 13.9. The maximum atomic E-state index is 12.4. The van der Waals surface area contributed by atoms with Crippen LogP contribution in [0.15, 0.2) is 46.1 Å². The van der Waals surface area contributed by atoms with Crippen molar-refractivity contribution in [3.63, 3.8) is 0 Å². The number of nitrogens with one attached hydrogen (secondary N) is 1. The van der Waals surface area contributed by atoms with Crippen LogP contribution in [0, 0.1) is 0 Å². The van der Waals surface area contributed by atoms with Crippen LogP contribution in [-0.4, -0.2) is 28.2 Å². The molecule has 0 saturated heterocycles. The summed E-state index contributed by atoms with van der Waals surface area (Å²) in [6.07, 6.45) is 5.40. The van der Waals surface area contributed by atoms with Crippen molar-refractivity contribution in [2.75, 3.05) is 19.8 Å². The molecule has 1 aromatic carbocycles. The van der Waals surface area contributed by atoms with E-state index < -0.39 is 10.0 Å². The second-order valence-corrected chi connectivity index (χ2v) is 8.30. The van der Waals surface area contributed by atoms with Gasteiger partial charge in [-0.1, -0.05) is 18.9 Å². The van der Waals surface area contributed by atoms with E-state index in [1.807, 2.05) is 18.2 Å². The minimum absolute atomic E-state index is 0.0529. The van der Waals surface area contributed by atoms with Crippen LogP contribution in [0.25, 0.3) is 0 Å². The Morgan fingerprint density at radius 3 is 2.52 bits per heavy atom. The Balaban J connectivity index is 1.60. The van der Waals surface area contributed by atoms with E-state index in [1.54, 1.807) is 6.07 Å². The van der Waals surface area contributed by atoms with Gasteiger partial charge in [0, 0.05) is 12.0 Å². The van der Waals surface area contributed by atoms with Gasteiger partial charge in [-0.05, 0) is 42.7 Å². The van der Waals surface area contributed by atoms with Gasteiger partial charge >= 0.3 is 0 Å². The van der Waals surface area contributed by atoms with Crippen molar-refractivity contribution in [2.45, 2.75) is 36.2 Å². The predicted molar refractivity (Wildman–Crippen MR) is 91.5 cm³/mol. The van der Waals surface area contributed by atoms with Gasteiger partial charge in [0.25, 0.3) is 10.0 Å². The smallest absolute Gasteiger partial charge is 0.273 e. The van der Waals surface area contributed by atoms with E-state index in [0.29, 0.717) is 19.8 Å². The minimum atomic E-state index is -3.64. The van der Waals surface area contributed by atoms with Gasteiger partial charge in [-0.2, -0.15) is 0 Å². The number of hydrogen-bond donors (Lipinski definition) is 1. The second kappa shape index (κ2) is 6.38. The summed E-state index contributed by atoms with van der Waals surface area (Å²) < 4.78 is 43.9. The summed E-state index contributed by atoms with van der Waals surface area (Å²) in [6, 6.07) is 8.97. The van der Waals surface area contributed by atoms with Crippen molar-refractivity contribution in [3.8, 4) is 11.5 Å². The molecule has 0 amide bonds. The molecule has 0 bridgehead atoms. The molecule has 2 heterocycles. The number of ether oxygens (including phenoxy) is 2. The van der Waals surface area contributed by atoms with E-state index in [0.717, 1.165) is 42.7 Å². The highest BCUT2D eigenvalue weighted by Crippen LogP contribution is 2.44. The van der Waals surface area contributed by atoms with Gasteiger partial charge in [0.2, 0.25) is 5.09 Å². The van der Waals surface area contributed by atoms with Gasteiger partial charge in [-0.3, -0.25) is 0 Å². The molecule has 0 unspecified atom stereocenters. The van der Waals surface area contributed by atoms with Crippen molar-refractivity contribution in [1.82, 2.24) is 4.72 Å².